The number of aromatic nitrogens is 3. The number of Topliss-reactive ketones (excluding diaryl/α,β-unsaturated/α-hetero) is 1. The van der Waals surface area contributed by atoms with E-state index in [1.807, 2.05) is 49.5 Å². The molecule has 1 unspecified atom stereocenters. The van der Waals surface area contributed by atoms with Gasteiger partial charge in [0.1, 0.15) is 6.17 Å². The number of anilines is 2. The van der Waals surface area contributed by atoms with Crippen molar-refractivity contribution in [2.75, 3.05) is 23.0 Å². The third kappa shape index (κ3) is 4.54. The second-order valence-electron chi connectivity index (χ2n) is 8.20. The Labute approximate surface area is 212 Å². The Kier molecular flexibility index (Phi) is 6.32. The molecule has 3 aromatic carbocycles. The topological polar surface area (TPSA) is 80.1 Å². The van der Waals surface area contributed by atoms with E-state index in [1.54, 1.807) is 24.3 Å². The van der Waals surface area contributed by atoms with Crippen molar-refractivity contribution in [3.05, 3.63) is 88.9 Å². The number of nitrogens with zero attached hydrogens (tertiary/aromatic N) is 4. The molecule has 176 valence electrons. The van der Waals surface area contributed by atoms with Crippen LogP contribution in [0.2, 0.25) is 5.02 Å². The van der Waals surface area contributed by atoms with Crippen LogP contribution in [0.3, 0.4) is 0 Å². The molecule has 0 fully saturated rings. The second kappa shape index (κ2) is 9.56. The van der Waals surface area contributed by atoms with E-state index >= 15 is 0 Å². The molecule has 1 aromatic heterocycles. The van der Waals surface area contributed by atoms with Gasteiger partial charge in [0.25, 0.3) is 0 Å². The zero-order valence-electron chi connectivity index (χ0n) is 19.1. The van der Waals surface area contributed by atoms with E-state index in [1.165, 1.54) is 18.7 Å². The summed E-state index contributed by atoms with van der Waals surface area (Å²) >= 11 is 7.47. The minimum absolute atomic E-state index is 0.0169. The fraction of sp³-hybridized carbons (Fsp3) is 0.154. The highest BCUT2D eigenvalue weighted by Crippen LogP contribution is 2.43. The van der Waals surface area contributed by atoms with Crippen LogP contribution in [0, 0.1) is 0 Å². The largest absolute Gasteiger partial charge is 0.350 e. The van der Waals surface area contributed by atoms with Crippen LogP contribution >= 0.6 is 23.4 Å². The summed E-state index contributed by atoms with van der Waals surface area (Å²) in [5.74, 6) is 0.722. The summed E-state index contributed by atoms with van der Waals surface area (Å²) in [6, 6.07) is 22.6. The maximum absolute atomic E-state index is 12.7. The molecule has 5 rings (SSSR count). The van der Waals surface area contributed by atoms with Crippen molar-refractivity contribution in [1.82, 2.24) is 14.8 Å². The van der Waals surface area contributed by atoms with Gasteiger partial charge < -0.3 is 10.2 Å². The molecule has 9 heteroatoms. The number of ketones is 1. The van der Waals surface area contributed by atoms with Gasteiger partial charge in [-0.15, -0.1) is 10.2 Å². The highest BCUT2D eigenvalue weighted by molar-refractivity contribution is 7.99. The van der Waals surface area contributed by atoms with Crippen LogP contribution in [-0.4, -0.2) is 39.3 Å². The zero-order chi connectivity index (χ0) is 24.5. The Balaban J connectivity index is 1.41. The fourth-order valence-corrected chi connectivity index (χ4v) is 5.06. The molecule has 0 bridgehead atoms. The van der Waals surface area contributed by atoms with E-state index in [0.717, 1.165) is 22.6 Å². The highest BCUT2D eigenvalue weighted by atomic mass is 35.5. The monoisotopic (exact) mass is 503 g/mol. The first-order valence-electron chi connectivity index (χ1n) is 11.0. The van der Waals surface area contributed by atoms with Crippen LogP contribution < -0.4 is 10.2 Å². The Hall–Kier alpha value is -3.62. The predicted octanol–water partition coefficient (Wildman–Crippen LogP) is 5.53. The molecule has 1 atom stereocenters. The van der Waals surface area contributed by atoms with Crippen molar-refractivity contribution < 1.29 is 9.59 Å². The summed E-state index contributed by atoms with van der Waals surface area (Å²) < 4.78 is 2.06. The summed E-state index contributed by atoms with van der Waals surface area (Å²) in [5, 5.41) is 13.1. The Bertz CT molecular complexity index is 1400. The number of hydrogen-bond donors (Lipinski definition) is 1. The van der Waals surface area contributed by atoms with Gasteiger partial charge in [0.2, 0.25) is 5.91 Å². The molecule has 0 spiro atoms. The van der Waals surface area contributed by atoms with Gasteiger partial charge in [-0.25, -0.2) is 0 Å². The van der Waals surface area contributed by atoms with Crippen LogP contribution in [0.5, 0.6) is 0 Å². The van der Waals surface area contributed by atoms with Gasteiger partial charge in [0.05, 0.1) is 5.75 Å². The molecule has 4 aromatic rings. The van der Waals surface area contributed by atoms with E-state index in [-0.39, 0.29) is 23.6 Å². The number of rotatable bonds is 6. The van der Waals surface area contributed by atoms with Gasteiger partial charge in [0, 0.05) is 34.6 Å². The summed E-state index contributed by atoms with van der Waals surface area (Å²) in [7, 11) is 2.03. The van der Waals surface area contributed by atoms with Crippen LogP contribution in [0.15, 0.2) is 78.0 Å². The standard InChI is InChI=1S/C26H22ClN5O2S/c1-16(33)17-9-13-20(14-10-17)28-23(34)15-35-26-30-29-24-21-5-3-4-6-22(21)31(2)25(32(24)26)18-7-11-19(27)12-8-18/h3-14,25H,15H2,1-2H3,(H,28,34). The van der Waals surface area contributed by atoms with Crippen LogP contribution in [-0.2, 0) is 4.79 Å². The van der Waals surface area contributed by atoms with Crippen LogP contribution in [0.4, 0.5) is 11.4 Å². The molecule has 35 heavy (non-hydrogen) atoms. The molecule has 2 heterocycles. The van der Waals surface area contributed by atoms with Crippen molar-refractivity contribution in [3.8, 4) is 11.4 Å². The number of benzene rings is 3. The number of carbonyl (C=O) groups is 2. The van der Waals surface area contributed by atoms with E-state index in [0.29, 0.717) is 21.4 Å². The molecule has 1 amide bonds. The lowest BCUT2D eigenvalue weighted by Gasteiger charge is -2.37. The molecular formula is C26H22ClN5O2S. The highest BCUT2D eigenvalue weighted by Gasteiger charge is 2.33. The van der Waals surface area contributed by atoms with E-state index in [2.05, 4.69) is 31.0 Å². The first-order valence-corrected chi connectivity index (χ1v) is 12.3. The molecule has 0 aliphatic carbocycles. The molecular weight excluding hydrogens is 482 g/mol. The molecule has 1 aliphatic heterocycles. The zero-order valence-corrected chi connectivity index (χ0v) is 20.7. The smallest absolute Gasteiger partial charge is 0.234 e. The number of halogens is 1. The number of carbonyl (C=O) groups excluding carboxylic acids is 2. The SMILES string of the molecule is CC(=O)c1ccc(NC(=O)CSc2nnc3n2C(c2ccc(Cl)cc2)N(C)c2ccccc2-3)cc1. The lowest BCUT2D eigenvalue weighted by atomic mass is 10.0. The van der Waals surface area contributed by atoms with Crippen molar-refractivity contribution in [2.45, 2.75) is 18.2 Å². The van der Waals surface area contributed by atoms with Gasteiger partial charge in [-0.1, -0.05) is 47.6 Å². The van der Waals surface area contributed by atoms with Gasteiger partial charge in [-0.2, -0.15) is 0 Å². The van der Waals surface area contributed by atoms with Gasteiger partial charge in [-0.05, 0) is 61.0 Å². The maximum Gasteiger partial charge on any atom is 0.234 e. The van der Waals surface area contributed by atoms with Gasteiger partial charge >= 0.3 is 0 Å². The average Bonchev–Trinajstić information content (AvgIpc) is 3.28. The fourth-order valence-electron chi connectivity index (χ4n) is 4.18. The first kappa shape index (κ1) is 23.1. The lowest BCUT2D eigenvalue weighted by molar-refractivity contribution is -0.113. The molecule has 7 nitrogen and oxygen atoms in total. The molecule has 1 N–H and O–H groups in total. The number of nitrogens with one attached hydrogen (secondary N) is 1. The first-order chi connectivity index (χ1) is 16.9. The second-order valence-corrected chi connectivity index (χ2v) is 9.58. The Morgan fingerprint density at radius 3 is 2.43 bits per heavy atom. The summed E-state index contributed by atoms with van der Waals surface area (Å²) in [6.45, 7) is 1.51. The number of amides is 1. The Morgan fingerprint density at radius 2 is 1.71 bits per heavy atom. The quantitative estimate of drug-likeness (QED) is 0.275. The average molecular weight is 504 g/mol. The normalized spacial score (nSPS) is 14.3. The third-order valence-electron chi connectivity index (χ3n) is 5.88. The van der Waals surface area contributed by atoms with E-state index in [4.69, 9.17) is 11.6 Å². The number of para-hydroxylation sites is 1. The summed E-state index contributed by atoms with van der Waals surface area (Å²) in [4.78, 5) is 26.3. The van der Waals surface area contributed by atoms with Crippen LogP contribution in [0.25, 0.3) is 11.4 Å². The third-order valence-corrected chi connectivity index (χ3v) is 7.07. The minimum Gasteiger partial charge on any atom is -0.350 e. The molecule has 0 saturated heterocycles. The number of thioether (sulfide) groups is 1. The van der Waals surface area contributed by atoms with Crippen molar-refractivity contribution in [2.24, 2.45) is 0 Å². The molecule has 1 aliphatic rings. The Morgan fingerprint density at radius 1 is 1.00 bits per heavy atom. The lowest BCUT2D eigenvalue weighted by Crippen LogP contribution is -2.34. The summed E-state index contributed by atoms with van der Waals surface area (Å²) in [5.41, 5.74) is 4.30. The van der Waals surface area contributed by atoms with E-state index in [9.17, 15) is 9.59 Å². The number of hydrogen-bond acceptors (Lipinski definition) is 6. The van der Waals surface area contributed by atoms with Crippen molar-refractivity contribution in [3.63, 3.8) is 0 Å². The summed E-state index contributed by atoms with van der Waals surface area (Å²) in [6.07, 6.45) is -0.197. The maximum atomic E-state index is 12.7. The predicted molar refractivity (Wildman–Crippen MR) is 139 cm³/mol. The van der Waals surface area contributed by atoms with Gasteiger partial charge in [0.15, 0.2) is 16.8 Å². The number of fused-ring (bicyclic) bond motifs is 3. The molecule has 0 radical (unpaired) electrons. The van der Waals surface area contributed by atoms with Crippen LogP contribution in [0.1, 0.15) is 29.0 Å². The van der Waals surface area contributed by atoms with Crippen molar-refractivity contribution in [1.29, 1.82) is 0 Å². The molecule has 0 saturated carbocycles. The minimum atomic E-state index is -0.197. The van der Waals surface area contributed by atoms with E-state index < -0.39 is 0 Å². The van der Waals surface area contributed by atoms with Gasteiger partial charge in [-0.3, -0.25) is 14.2 Å². The van der Waals surface area contributed by atoms with Crippen molar-refractivity contribution >= 4 is 46.4 Å².